The van der Waals surface area contributed by atoms with E-state index in [0.29, 0.717) is 0 Å². The molecule has 0 radical (unpaired) electrons. The third kappa shape index (κ3) is 3.45. The average molecular weight is 211 g/mol. The monoisotopic (exact) mass is 210 g/mol. The summed E-state index contributed by atoms with van der Waals surface area (Å²) in [6.45, 7) is 0. The van der Waals surface area contributed by atoms with Gasteiger partial charge in [-0.3, -0.25) is 9.59 Å². The summed E-state index contributed by atoms with van der Waals surface area (Å²) < 4.78 is 4.26. The minimum Gasteiger partial charge on any atom is -0.481 e. The lowest BCUT2D eigenvalue weighted by molar-refractivity contribution is -0.144. The van der Waals surface area contributed by atoms with Crippen LogP contribution < -0.4 is 0 Å². The molecule has 0 amide bonds. The van der Waals surface area contributed by atoms with Gasteiger partial charge in [0.2, 0.25) is 0 Å². The van der Waals surface area contributed by atoms with Gasteiger partial charge >= 0.3 is 11.9 Å². The van der Waals surface area contributed by atoms with Crippen LogP contribution in [0.4, 0.5) is 0 Å². The van der Waals surface area contributed by atoms with Crippen LogP contribution >= 0.6 is 15.9 Å². The molecule has 0 fully saturated rings. The summed E-state index contributed by atoms with van der Waals surface area (Å²) >= 11 is 2.85. The van der Waals surface area contributed by atoms with Gasteiger partial charge in [-0.15, -0.1) is 0 Å². The van der Waals surface area contributed by atoms with Gasteiger partial charge in [0.25, 0.3) is 0 Å². The van der Waals surface area contributed by atoms with Crippen molar-refractivity contribution in [2.75, 3.05) is 7.11 Å². The zero-order chi connectivity index (χ0) is 8.15. The number of rotatable bonds is 3. The maximum atomic E-state index is 10.5. The van der Waals surface area contributed by atoms with Crippen LogP contribution in [0.3, 0.4) is 0 Å². The van der Waals surface area contributed by atoms with Crippen molar-refractivity contribution in [1.82, 2.24) is 0 Å². The van der Waals surface area contributed by atoms with Crippen LogP contribution in [0.2, 0.25) is 0 Å². The second kappa shape index (κ2) is 4.27. The third-order valence-electron chi connectivity index (χ3n) is 0.811. The molecule has 0 rings (SSSR count). The first-order chi connectivity index (χ1) is 4.57. The first-order valence-corrected chi connectivity index (χ1v) is 3.43. The Morgan fingerprint density at radius 1 is 1.70 bits per heavy atom. The van der Waals surface area contributed by atoms with Gasteiger partial charge in [0, 0.05) is 0 Å². The fourth-order valence-corrected chi connectivity index (χ4v) is 0.828. The molecule has 0 saturated heterocycles. The van der Waals surface area contributed by atoms with Crippen LogP contribution in [0.15, 0.2) is 0 Å². The molecule has 58 valence electrons. The molecule has 0 heterocycles. The highest BCUT2D eigenvalue weighted by atomic mass is 79.9. The first-order valence-electron chi connectivity index (χ1n) is 2.51. The van der Waals surface area contributed by atoms with E-state index < -0.39 is 16.8 Å². The molecular weight excluding hydrogens is 204 g/mol. The Balaban J connectivity index is 3.72. The standard InChI is InChI=1S/C5H7BrO4/c1-10-5(9)3(6)2-4(7)8/h3H,2H2,1H3,(H,7,8)/t3-/m0/s1. The fourth-order valence-electron chi connectivity index (χ4n) is 0.365. The maximum absolute atomic E-state index is 10.5. The molecule has 0 aliphatic rings. The molecule has 0 spiro atoms. The van der Waals surface area contributed by atoms with Gasteiger partial charge in [0.15, 0.2) is 0 Å². The molecule has 10 heavy (non-hydrogen) atoms. The molecule has 1 atom stereocenters. The average Bonchev–Trinajstić information content (AvgIpc) is 1.85. The van der Waals surface area contributed by atoms with Crippen LogP contribution in [0.1, 0.15) is 6.42 Å². The number of hydrogen-bond acceptors (Lipinski definition) is 3. The smallest absolute Gasteiger partial charge is 0.320 e. The van der Waals surface area contributed by atoms with Crippen LogP contribution in [0, 0.1) is 0 Å². The van der Waals surface area contributed by atoms with E-state index in [1.54, 1.807) is 0 Å². The number of carbonyl (C=O) groups excluding carboxylic acids is 1. The molecule has 0 bridgehead atoms. The van der Waals surface area contributed by atoms with Crippen LogP contribution in [-0.2, 0) is 14.3 Å². The molecule has 4 nitrogen and oxygen atoms in total. The molecule has 1 N–H and O–H groups in total. The van der Waals surface area contributed by atoms with Crippen molar-refractivity contribution < 1.29 is 19.4 Å². The Bertz CT molecular complexity index is 145. The molecule has 5 heteroatoms. The summed E-state index contributed by atoms with van der Waals surface area (Å²) in [6, 6.07) is 0. The number of esters is 1. The lowest BCUT2D eigenvalue weighted by Crippen LogP contribution is -2.18. The summed E-state index contributed by atoms with van der Waals surface area (Å²) in [5.41, 5.74) is 0. The Morgan fingerprint density at radius 2 is 2.20 bits per heavy atom. The van der Waals surface area contributed by atoms with Crippen molar-refractivity contribution >= 4 is 27.9 Å². The van der Waals surface area contributed by atoms with Gasteiger partial charge in [-0.1, -0.05) is 15.9 Å². The summed E-state index contributed by atoms with van der Waals surface area (Å²) in [5.74, 6) is -1.60. The van der Waals surface area contributed by atoms with Crippen molar-refractivity contribution in [3.8, 4) is 0 Å². The van der Waals surface area contributed by atoms with Crippen molar-refractivity contribution in [2.45, 2.75) is 11.2 Å². The molecule has 0 aliphatic carbocycles. The summed E-state index contributed by atoms with van der Waals surface area (Å²) in [5, 5.41) is 8.19. The van der Waals surface area contributed by atoms with Gasteiger partial charge in [-0.25, -0.2) is 0 Å². The van der Waals surface area contributed by atoms with Crippen LogP contribution in [0.5, 0.6) is 0 Å². The second-order valence-electron chi connectivity index (χ2n) is 1.59. The van der Waals surface area contributed by atoms with E-state index in [1.165, 1.54) is 7.11 Å². The number of ether oxygens (including phenoxy) is 1. The zero-order valence-corrected chi connectivity index (χ0v) is 6.92. The highest BCUT2D eigenvalue weighted by Gasteiger charge is 2.17. The van der Waals surface area contributed by atoms with Gasteiger partial charge < -0.3 is 9.84 Å². The van der Waals surface area contributed by atoms with E-state index in [2.05, 4.69) is 20.7 Å². The number of carbonyl (C=O) groups is 2. The molecular formula is C5H7BrO4. The van der Waals surface area contributed by atoms with E-state index in [-0.39, 0.29) is 6.42 Å². The first kappa shape index (κ1) is 9.42. The number of alkyl halides is 1. The van der Waals surface area contributed by atoms with E-state index >= 15 is 0 Å². The predicted molar refractivity (Wildman–Crippen MR) is 37.0 cm³/mol. The molecule has 0 saturated carbocycles. The molecule has 0 aromatic carbocycles. The number of halogens is 1. The Labute approximate surface area is 66.3 Å². The normalized spacial score (nSPS) is 12.2. The van der Waals surface area contributed by atoms with E-state index in [1.807, 2.05) is 0 Å². The number of methoxy groups -OCH3 is 1. The number of carboxylic acid groups (broad SMARTS) is 1. The Morgan fingerprint density at radius 3 is 2.50 bits per heavy atom. The molecule has 0 unspecified atom stereocenters. The van der Waals surface area contributed by atoms with Gasteiger partial charge in [0.1, 0.15) is 4.83 Å². The van der Waals surface area contributed by atoms with Gasteiger partial charge in [-0.2, -0.15) is 0 Å². The summed E-state index contributed by atoms with van der Waals surface area (Å²) in [4.78, 5) is 19.8. The molecule has 0 aliphatic heterocycles. The van der Waals surface area contributed by atoms with E-state index in [4.69, 9.17) is 5.11 Å². The van der Waals surface area contributed by atoms with Crippen molar-refractivity contribution in [1.29, 1.82) is 0 Å². The fraction of sp³-hybridized carbons (Fsp3) is 0.600. The van der Waals surface area contributed by atoms with Gasteiger partial charge in [-0.05, 0) is 0 Å². The Kier molecular flexibility index (Phi) is 4.02. The quantitative estimate of drug-likeness (QED) is 0.542. The minimum absolute atomic E-state index is 0.257. The summed E-state index contributed by atoms with van der Waals surface area (Å²) in [6.07, 6.45) is -0.257. The topological polar surface area (TPSA) is 63.6 Å². The van der Waals surface area contributed by atoms with Crippen molar-refractivity contribution in [3.05, 3.63) is 0 Å². The lowest BCUT2D eigenvalue weighted by atomic mass is 10.3. The number of hydrogen-bond donors (Lipinski definition) is 1. The summed E-state index contributed by atoms with van der Waals surface area (Å²) in [7, 11) is 1.21. The van der Waals surface area contributed by atoms with Crippen molar-refractivity contribution in [3.63, 3.8) is 0 Å². The van der Waals surface area contributed by atoms with E-state index in [9.17, 15) is 9.59 Å². The number of aliphatic carboxylic acids is 1. The SMILES string of the molecule is COC(=O)[C@@H](Br)CC(=O)O. The Hall–Kier alpha value is -0.580. The largest absolute Gasteiger partial charge is 0.481 e. The third-order valence-corrected chi connectivity index (χ3v) is 1.51. The zero-order valence-electron chi connectivity index (χ0n) is 5.33. The van der Waals surface area contributed by atoms with Gasteiger partial charge in [0.05, 0.1) is 13.5 Å². The maximum Gasteiger partial charge on any atom is 0.320 e. The number of carboxylic acids is 1. The second-order valence-corrected chi connectivity index (χ2v) is 2.69. The highest BCUT2D eigenvalue weighted by Crippen LogP contribution is 2.06. The lowest BCUT2D eigenvalue weighted by Gasteiger charge is -2.02. The van der Waals surface area contributed by atoms with Crippen LogP contribution in [-0.4, -0.2) is 29.0 Å². The van der Waals surface area contributed by atoms with Crippen LogP contribution in [0.25, 0.3) is 0 Å². The molecule has 0 aromatic heterocycles. The van der Waals surface area contributed by atoms with E-state index in [0.717, 1.165) is 0 Å². The molecule has 0 aromatic rings. The predicted octanol–water partition coefficient (Wildman–Crippen LogP) is 0.398. The highest BCUT2D eigenvalue weighted by molar-refractivity contribution is 9.10. The minimum atomic E-state index is -1.03. The van der Waals surface area contributed by atoms with Crippen molar-refractivity contribution in [2.24, 2.45) is 0 Å².